The van der Waals surface area contributed by atoms with E-state index in [0.29, 0.717) is 0 Å². The number of anilines is 3. The van der Waals surface area contributed by atoms with Crippen LogP contribution in [0.5, 0.6) is 0 Å². The largest absolute Gasteiger partial charge is 0.455 e. The van der Waals surface area contributed by atoms with Crippen LogP contribution in [0.3, 0.4) is 0 Å². The van der Waals surface area contributed by atoms with Crippen molar-refractivity contribution in [2.24, 2.45) is 0 Å². The van der Waals surface area contributed by atoms with Crippen molar-refractivity contribution in [3.05, 3.63) is 271 Å². The molecule has 0 atom stereocenters. The Kier molecular flexibility index (Phi) is 8.71. The van der Waals surface area contributed by atoms with Crippen molar-refractivity contribution in [1.82, 2.24) is 0 Å². The van der Waals surface area contributed by atoms with Crippen LogP contribution < -0.4 is 4.90 Å². The van der Waals surface area contributed by atoms with Gasteiger partial charge >= 0.3 is 0 Å². The molecule has 14 rings (SSSR count). The Morgan fingerprint density at radius 1 is 0.382 bits per heavy atom. The fourth-order valence-corrected chi connectivity index (χ4v) is 12.7. The van der Waals surface area contributed by atoms with Gasteiger partial charge in [-0.3, -0.25) is 0 Å². The van der Waals surface area contributed by atoms with Crippen LogP contribution in [0.2, 0.25) is 0 Å². The Balaban J connectivity index is 1.04. The monoisotopic (exact) mass is 883 g/mol. The second kappa shape index (κ2) is 15.3. The van der Waals surface area contributed by atoms with Gasteiger partial charge in [-0.2, -0.15) is 0 Å². The van der Waals surface area contributed by atoms with E-state index in [1.54, 1.807) is 0 Å². The van der Waals surface area contributed by atoms with E-state index in [4.69, 9.17) is 4.42 Å². The number of para-hydroxylation sites is 1. The average Bonchev–Trinajstić information content (AvgIpc) is 4.09. The van der Waals surface area contributed by atoms with Gasteiger partial charge in [-0.05, 0) is 92.4 Å². The molecule has 0 fully saturated rings. The predicted molar refractivity (Wildman–Crippen MR) is 287 cm³/mol. The third kappa shape index (κ3) is 5.63. The Hall–Kier alpha value is -8.50. The van der Waals surface area contributed by atoms with Crippen molar-refractivity contribution in [3.8, 4) is 33.4 Å². The highest BCUT2D eigenvalue weighted by atomic mass is 32.1. The third-order valence-electron chi connectivity index (χ3n) is 14.4. The van der Waals surface area contributed by atoms with Gasteiger partial charge in [0.25, 0.3) is 0 Å². The quantitative estimate of drug-likeness (QED) is 0.159. The third-order valence-corrected chi connectivity index (χ3v) is 15.6. The summed E-state index contributed by atoms with van der Waals surface area (Å²) in [5.41, 5.74) is 16.7. The maximum atomic E-state index is 6.80. The standard InChI is InChI=1S/C65H41NOS/c1-3-19-44(20-4-1)65(45-21-5-2-6-22-45)55-30-12-9-26-53(55)62-56(65)31-17-33-58(62)66(46-39-36-43(37-40-46)48-27-15-29-52-50-25-11-14-35-60(50)68-64(48)52)57-32-13-10-24-49(57)51-28-16-34-59-61(51)54-41-38-42-18-7-8-23-47(42)63(54)67-59/h1-41H. The summed E-state index contributed by atoms with van der Waals surface area (Å²) >= 11 is 1.87. The fourth-order valence-electron chi connectivity index (χ4n) is 11.5. The maximum absolute atomic E-state index is 6.80. The molecule has 13 aromatic rings. The van der Waals surface area contributed by atoms with Gasteiger partial charge in [0.2, 0.25) is 0 Å². The zero-order chi connectivity index (χ0) is 44.8. The number of rotatable bonds is 7. The molecule has 68 heavy (non-hydrogen) atoms. The van der Waals surface area contributed by atoms with Crippen LogP contribution in [0.15, 0.2) is 253 Å². The van der Waals surface area contributed by atoms with Gasteiger partial charge in [0.05, 0.1) is 16.8 Å². The number of fused-ring (bicyclic) bond motifs is 11. The lowest BCUT2D eigenvalue weighted by molar-refractivity contribution is 0.673. The van der Waals surface area contributed by atoms with Gasteiger partial charge in [0.15, 0.2) is 0 Å². The molecule has 3 heteroatoms. The molecule has 0 radical (unpaired) electrons. The summed E-state index contributed by atoms with van der Waals surface area (Å²) in [4.78, 5) is 2.51. The molecule has 0 spiro atoms. The predicted octanol–water partition coefficient (Wildman–Crippen LogP) is 18.3. The smallest absolute Gasteiger partial charge is 0.143 e. The van der Waals surface area contributed by atoms with Crippen LogP contribution in [0, 0.1) is 0 Å². The number of thiophene rings is 1. The number of nitrogens with zero attached hydrogens (tertiary/aromatic N) is 1. The van der Waals surface area contributed by atoms with Crippen molar-refractivity contribution >= 4 is 81.3 Å². The Labute approximate surface area is 398 Å². The molecule has 0 N–H and O–H groups in total. The first-order valence-electron chi connectivity index (χ1n) is 23.3. The van der Waals surface area contributed by atoms with E-state index in [2.05, 4.69) is 254 Å². The minimum Gasteiger partial charge on any atom is -0.455 e. The Morgan fingerprint density at radius 2 is 0.985 bits per heavy atom. The number of benzene rings is 11. The van der Waals surface area contributed by atoms with Gasteiger partial charge in [-0.15, -0.1) is 11.3 Å². The summed E-state index contributed by atoms with van der Waals surface area (Å²) in [7, 11) is 0. The normalized spacial score (nSPS) is 12.8. The molecule has 318 valence electrons. The van der Waals surface area contributed by atoms with E-state index >= 15 is 0 Å². The first-order chi connectivity index (χ1) is 33.8. The Bertz CT molecular complexity index is 4050. The van der Waals surface area contributed by atoms with Crippen LogP contribution in [0.25, 0.3) is 86.3 Å². The zero-order valence-electron chi connectivity index (χ0n) is 36.9. The van der Waals surface area contributed by atoms with Crippen LogP contribution in [-0.2, 0) is 5.41 Å². The maximum Gasteiger partial charge on any atom is 0.143 e. The van der Waals surface area contributed by atoms with Crippen LogP contribution >= 0.6 is 11.3 Å². The lowest BCUT2D eigenvalue weighted by Gasteiger charge is -2.34. The van der Waals surface area contributed by atoms with Crippen molar-refractivity contribution in [2.75, 3.05) is 4.90 Å². The van der Waals surface area contributed by atoms with Crippen molar-refractivity contribution in [3.63, 3.8) is 0 Å². The number of hydrogen-bond donors (Lipinski definition) is 0. The molecule has 0 bridgehead atoms. The molecular weight excluding hydrogens is 843 g/mol. The van der Waals surface area contributed by atoms with Gasteiger partial charge in [0, 0.05) is 53.1 Å². The molecule has 2 heterocycles. The van der Waals surface area contributed by atoms with Gasteiger partial charge < -0.3 is 9.32 Å². The lowest BCUT2D eigenvalue weighted by Crippen LogP contribution is -2.28. The van der Waals surface area contributed by atoms with Crippen LogP contribution in [0.4, 0.5) is 17.1 Å². The lowest BCUT2D eigenvalue weighted by atomic mass is 9.68. The van der Waals surface area contributed by atoms with Crippen molar-refractivity contribution in [1.29, 1.82) is 0 Å². The van der Waals surface area contributed by atoms with Gasteiger partial charge in [-0.1, -0.05) is 206 Å². The molecule has 0 saturated carbocycles. The molecule has 0 aliphatic heterocycles. The first-order valence-corrected chi connectivity index (χ1v) is 24.1. The molecule has 1 aliphatic rings. The van der Waals surface area contributed by atoms with Crippen molar-refractivity contribution < 1.29 is 4.42 Å². The molecule has 11 aromatic carbocycles. The van der Waals surface area contributed by atoms with Crippen molar-refractivity contribution in [2.45, 2.75) is 5.41 Å². The summed E-state index contributed by atoms with van der Waals surface area (Å²) in [6.45, 7) is 0. The highest BCUT2D eigenvalue weighted by Crippen LogP contribution is 2.60. The SMILES string of the molecule is c1ccc(C2(c3ccccc3)c3ccccc3-c3c(N(c4ccc(-c5cccc6c5sc5ccccc56)cc4)c4ccccc4-c4cccc5oc6c7ccccc7ccc6c45)cccc32)cc1. The number of hydrogen-bond acceptors (Lipinski definition) is 3. The Morgan fingerprint density at radius 3 is 1.81 bits per heavy atom. The van der Waals surface area contributed by atoms with E-state index < -0.39 is 5.41 Å². The van der Waals surface area contributed by atoms with E-state index in [1.165, 1.54) is 70.1 Å². The molecule has 0 amide bonds. The van der Waals surface area contributed by atoms with E-state index in [1.807, 2.05) is 11.3 Å². The molecule has 1 aliphatic carbocycles. The molecular formula is C65H41NOS. The minimum absolute atomic E-state index is 0.549. The summed E-state index contributed by atoms with van der Waals surface area (Å²) in [5, 5.41) is 7.12. The van der Waals surface area contributed by atoms with Crippen LogP contribution in [-0.4, -0.2) is 0 Å². The summed E-state index contributed by atoms with van der Waals surface area (Å²) < 4.78 is 9.42. The topological polar surface area (TPSA) is 16.4 Å². The van der Waals surface area contributed by atoms with Crippen LogP contribution in [0.1, 0.15) is 22.3 Å². The molecule has 0 saturated heterocycles. The molecule has 2 aromatic heterocycles. The average molecular weight is 884 g/mol. The van der Waals surface area contributed by atoms with Gasteiger partial charge in [-0.25, -0.2) is 0 Å². The summed E-state index contributed by atoms with van der Waals surface area (Å²) in [5.74, 6) is 0. The van der Waals surface area contributed by atoms with Gasteiger partial charge in [0.1, 0.15) is 11.2 Å². The highest BCUT2D eigenvalue weighted by Gasteiger charge is 2.47. The minimum atomic E-state index is -0.549. The molecule has 2 nitrogen and oxygen atoms in total. The zero-order valence-corrected chi connectivity index (χ0v) is 37.8. The number of furan rings is 1. The fraction of sp³-hybridized carbons (Fsp3) is 0.0154. The summed E-state index contributed by atoms with van der Waals surface area (Å²) in [6, 6.07) is 91.3. The second-order valence-corrected chi connectivity index (χ2v) is 18.9. The first kappa shape index (κ1) is 38.7. The van der Waals surface area contributed by atoms with E-state index in [0.717, 1.165) is 55.5 Å². The molecule has 0 unspecified atom stereocenters. The second-order valence-electron chi connectivity index (χ2n) is 17.9. The summed E-state index contributed by atoms with van der Waals surface area (Å²) in [6.07, 6.45) is 0. The van der Waals surface area contributed by atoms with E-state index in [-0.39, 0.29) is 0 Å². The highest BCUT2D eigenvalue weighted by molar-refractivity contribution is 7.26. The van der Waals surface area contributed by atoms with E-state index in [9.17, 15) is 0 Å².